The van der Waals surface area contributed by atoms with Crippen LogP contribution in [0.4, 0.5) is 11.5 Å². The Hall–Kier alpha value is -2.80. The fourth-order valence-corrected chi connectivity index (χ4v) is 4.24. The Labute approximate surface area is 198 Å². The van der Waals surface area contributed by atoms with Crippen LogP contribution in [-0.2, 0) is 0 Å². The topological polar surface area (TPSA) is 92.6 Å². The first-order chi connectivity index (χ1) is 15.7. The van der Waals surface area contributed by atoms with Gasteiger partial charge in [-0.2, -0.15) is 0 Å². The Morgan fingerprint density at radius 1 is 1.30 bits per heavy atom. The van der Waals surface area contributed by atoms with Crippen molar-refractivity contribution in [3.05, 3.63) is 41.3 Å². The van der Waals surface area contributed by atoms with Gasteiger partial charge in [0.15, 0.2) is 5.82 Å². The molecule has 1 fully saturated rings. The SMILES string of the molecule is [B]C1=C(c2ccnc(N3CCC(C)(P)C3)c2NC(=O)c2cnc(OC(C)C)nc2)N=CCC1. The van der Waals surface area contributed by atoms with E-state index in [9.17, 15) is 4.79 Å². The van der Waals surface area contributed by atoms with Crippen LogP contribution in [0, 0.1) is 0 Å². The van der Waals surface area contributed by atoms with Crippen LogP contribution in [0.1, 0.15) is 56.0 Å². The molecule has 4 rings (SSSR count). The lowest BCUT2D eigenvalue weighted by atomic mass is 9.85. The lowest BCUT2D eigenvalue weighted by Crippen LogP contribution is -2.27. The molecular weight excluding hydrogens is 434 g/mol. The molecule has 2 atom stereocenters. The number of pyridine rings is 1. The summed E-state index contributed by atoms with van der Waals surface area (Å²) >= 11 is 0. The number of allylic oxidation sites excluding steroid dienone is 1. The third kappa shape index (κ3) is 5.41. The predicted octanol–water partition coefficient (Wildman–Crippen LogP) is 3.46. The number of nitrogens with one attached hydrogen (secondary N) is 1. The molecule has 2 aliphatic rings. The fourth-order valence-electron chi connectivity index (χ4n) is 3.89. The van der Waals surface area contributed by atoms with Gasteiger partial charge in [0.2, 0.25) is 0 Å². The number of hydrogen-bond donors (Lipinski definition) is 1. The van der Waals surface area contributed by atoms with Gasteiger partial charge in [-0.1, -0.05) is 12.4 Å². The Bertz CT molecular complexity index is 1100. The van der Waals surface area contributed by atoms with E-state index in [1.807, 2.05) is 26.1 Å². The Morgan fingerprint density at radius 2 is 2.06 bits per heavy atom. The van der Waals surface area contributed by atoms with Crippen LogP contribution in [-0.4, -0.2) is 59.3 Å². The monoisotopic (exact) mass is 462 g/mol. The summed E-state index contributed by atoms with van der Waals surface area (Å²) in [5.41, 5.74) is 3.02. The number of hydrogen-bond acceptors (Lipinski definition) is 7. The Kier molecular flexibility index (Phi) is 6.79. The lowest BCUT2D eigenvalue weighted by molar-refractivity contribution is 0.102. The highest BCUT2D eigenvalue weighted by Crippen LogP contribution is 2.39. The van der Waals surface area contributed by atoms with E-state index in [1.54, 1.807) is 6.20 Å². The summed E-state index contributed by atoms with van der Waals surface area (Å²) in [6, 6.07) is 2.08. The first-order valence-corrected chi connectivity index (χ1v) is 11.7. The number of ether oxygens (including phenoxy) is 1. The summed E-state index contributed by atoms with van der Waals surface area (Å²) in [5.74, 6) is 0.363. The van der Waals surface area contributed by atoms with Crippen molar-refractivity contribution in [3.8, 4) is 6.01 Å². The minimum atomic E-state index is -0.339. The molecule has 0 spiro atoms. The number of rotatable bonds is 6. The van der Waals surface area contributed by atoms with Crippen LogP contribution in [0.5, 0.6) is 6.01 Å². The van der Waals surface area contributed by atoms with Crippen molar-refractivity contribution in [1.29, 1.82) is 0 Å². The summed E-state index contributed by atoms with van der Waals surface area (Å²) in [6.45, 7) is 7.62. The zero-order valence-electron chi connectivity index (χ0n) is 19.2. The number of carbonyl (C=O) groups excluding carboxylic acids is 1. The van der Waals surface area contributed by atoms with E-state index in [-0.39, 0.29) is 23.2 Å². The minimum absolute atomic E-state index is 0.0529. The molecular formula is C23H28BN6O2P. The van der Waals surface area contributed by atoms with Crippen molar-refractivity contribution < 1.29 is 9.53 Å². The third-order valence-corrected chi connectivity index (χ3v) is 6.00. The summed E-state index contributed by atoms with van der Waals surface area (Å²) < 4.78 is 5.48. The van der Waals surface area contributed by atoms with E-state index < -0.39 is 0 Å². The van der Waals surface area contributed by atoms with Crippen LogP contribution in [0.25, 0.3) is 5.70 Å². The molecule has 2 aliphatic heterocycles. The molecule has 1 N–H and O–H groups in total. The normalized spacial score (nSPS) is 20.5. The molecule has 8 nitrogen and oxygen atoms in total. The highest BCUT2D eigenvalue weighted by molar-refractivity contribution is 7.19. The van der Waals surface area contributed by atoms with Gasteiger partial charge in [0.05, 0.1) is 23.1 Å². The molecule has 0 bridgehead atoms. The van der Waals surface area contributed by atoms with Crippen molar-refractivity contribution in [2.24, 2.45) is 4.99 Å². The van der Waals surface area contributed by atoms with Gasteiger partial charge >= 0.3 is 6.01 Å². The van der Waals surface area contributed by atoms with Crippen LogP contribution in [0.2, 0.25) is 0 Å². The fraction of sp³-hybridized carbons (Fsp3) is 0.435. The lowest BCUT2D eigenvalue weighted by Gasteiger charge is -2.25. The van der Waals surface area contributed by atoms with Gasteiger partial charge in [0.25, 0.3) is 5.91 Å². The quantitative estimate of drug-likeness (QED) is 0.522. The van der Waals surface area contributed by atoms with Gasteiger partial charge in [-0.15, -0.1) is 9.24 Å². The summed E-state index contributed by atoms with van der Waals surface area (Å²) in [5, 5.41) is 3.13. The van der Waals surface area contributed by atoms with Crippen molar-refractivity contribution in [3.63, 3.8) is 0 Å². The number of anilines is 2. The molecule has 170 valence electrons. The smallest absolute Gasteiger partial charge is 0.316 e. The molecule has 2 unspecified atom stereocenters. The van der Waals surface area contributed by atoms with Crippen molar-refractivity contribution in [1.82, 2.24) is 15.0 Å². The predicted molar refractivity (Wildman–Crippen MR) is 135 cm³/mol. The maximum atomic E-state index is 13.2. The van der Waals surface area contributed by atoms with Gasteiger partial charge in [-0.25, -0.2) is 15.0 Å². The van der Waals surface area contributed by atoms with Gasteiger partial charge in [0.1, 0.15) is 7.85 Å². The number of amides is 1. The van der Waals surface area contributed by atoms with E-state index >= 15 is 0 Å². The van der Waals surface area contributed by atoms with E-state index in [4.69, 9.17) is 12.6 Å². The second-order valence-corrected chi connectivity index (χ2v) is 10.4. The maximum Gasteiger partial charge on any atom is 0.316 e. The van der Waals surface area contributed by atoms with Crippen molar-refractivity contribution in [2.75, 3.05) is 23.3 Å². The standard InChI is InChI=1S/C23H28BN6O2P/c1-14(2)32-22-27-11-15(12-28-22)21(31)29-19-16(18-17(24)5-4-8-25-18)6-9-26-20(19)30-10-7-23(3,33)13-30/h6,8-9,11-12,14H,4-5,7,10,13,33H2,1-3H3,(H,29,31). The van der Waals surface area contributed by atoms with Crippen LogP contribution >= 0.6 is 9.24 Å². The summed E-state index contributed by atoms with van der Waals surface area (Å²) in [4.78, 5) is 32.9. The molecule has 4 heterocycles. The van der Waals surface area contributed by atoms with Crippen molar-refractivity contribution in [2.45, 2.75) is 51.3 Å². The first-order valence-electron chi connectivity index (χ1n) is 11.1. The van der Waals surface area contributed by atoms with Gasteiger partial charge in [-0.05, 0) is 39.2 Å². The van der Waals surface area contributed by atoms with E-state index in [1.165, 1.54) is 12.4 Å². The second-order valence-electron chi connectivity index (χ2n) is 8.98. The molecule has 0 saturated carbocycles. The molecule has 1 amide bonds. The summed E-state index contributed by atoms with van der Waals surface area (Å²) in [6.07, 6.45) is 8.99. The molecule has 2 aromatic rings. The Morgan fingerprint density at radius 3 is 2.70 bits per heavy atom. The number of nitrogens with zero attached hydrogens (tertiary/aromatic N) is 5. The molecule has 2 radical (unpaired) electrons. The molecule has 33 heavy (non-hydrogen) atoms. The summed E-state index contributed by atoms with van der Waals surface area (Å²) in [7, 11) is 9.23. The molecule has 10 heteroatoms. The maximum absolute atomic E-state index is 13.2. The van der Waals surface area contributed by atoms with E-state index in [0.29, 0.717) is 28.2 Å². The zero-order chi connectivity index (χ0) is 23.6. The zero-order valence-corrected chi connectivity index (χ0v) is 20.4. The average Bonchev–Trinajstić information content (AvgIpc) is 3.14. The largest absolute Gasteiger partial charge is 0.461 e. The molecule has 2 aromatic heterocycles. The number of aliphatic imine (C=N–C) groups is 1. The van der Waals surface area contributed by atoms with Gasteiger partial charge in [0, 0.05) is 48.6 Å². The number of aromatic nitrogens is 3. The van der Waals surface area contributed by atoms with Gasteiger partial charge < -0.3 is 15.0 Å². The molecule has 0 aliphatic carbocycles. The average molecular weight is 462 g/mol. The van der Waals surface area contributed by atoms with E-state index in [2.05, 4.69) is 46.3 Å². The minimum Gasteiger partial charge on any atom is -0.461 e. The number of carbonyl (C=O) groups is 1. The van der Waals surface area contributed by atoms with E-state index in [0.717, 1.165) is 37.9 Å². The van der Waals surface area contributed by atoms with Crippen molar-refractivity contribution >= 4 is 46.4 Å². The van der Waals surface area contributed by atoms with Crippen LogP contribution < -0.4 is 15.0 Å². The highest BCUT2D eigenvalue weighted by Gasteiger charge is 2.32. The first kappa shape index (κ1) is 23.4. The van der Waals surface area contributed by atoms with Gasteiger partial charge in [-0.3, -0.25) is 9.79 Å². The molecule has 1 saturated heterocycles. The Balaban J connectivity index is 1.70. The van der Waals surface area contributed by atoms with Crippen LogP contribution in [0.15, 0.2) is 35.1 Å². The highest BCUT2D eigenvalue weighted by atomic mass is 31.0. The second kappa shape index (κ2) is 9.60. The molecule has 0 aromatic carbocycles. The van der Waals surface area contributed by atoms with Crippen LogP contribution in [0.3, 0.4) is 0 Å². The third-order valence-electron chi connectivity index (χ3n) is 5.53.